The zero-order valence-electron chi connectivity index (χ0n) is 17.9. The van der Waals surface area contributed by atoms with Crippen LogP contribution in [0.3, 0.4) is 0 Å². The van der Waals surface area contributed by atoms with Gasteiger partial charge >= 0.3 is 0 Å². The molecule has 3 aliphatic rings. The van der Waals surface area contributed by atoms with Crippen molar-refractivity contribution in [1.82, 2.24) is 9.97 Å². The van der Waals surface area contributed by atoms with Crippen LogP contribution in [-0.2, 0) is 15.6 Å². The molecule has 0 spiro atoms. The highest BCUT2D eigenvalue weighted by Crippen LogP contribution is 2.70. The van der Waals surface area contributed by atoms with E-state index in [0.717, 1.165) is 17.8 Å². The number of halogens is 2. The van der Waals surface area contributed by atoms with E-state index in [0.29, 0.717) is 44.7 Å². The van der Waals surface area contributed by atoms with Gasteiger partial charge in [-0.05, 0) is 42.5 Å². The largest absolute Gasteiger partial charge is 0.454 e. The maximum atomic E-state index is 14.0. The highest BCUT2D eigenvalue weighted by atomic mass is 35.5. The van der Waals surface area contributed by atoms with Gasteiger partial charge in [0.1, 0.15) is 0 Å². The summed E-state index contributed by atoms with van der Waals surface area (Å²) in [6.07, 6.45) is 1.55. The highest BCUT2D eigenvalue weighted by Gasteiger charge is 2.73. The lowest BCUT2D eigenvalue weighted by Gasteiger charge is -2.39. The molecule has 0 saturated heterocycles. The maximum Gasteiger partial charge on any atom is 0.237 e. The van der Waals surface area contributed by atoms with E-state index in [4.69, 9.17) is 42.6 Å². The average Bonchev–Trinajstić information content (AvgIpc) is 3.33. The molecular formula is C24H21Cl2N3O3. The standard InChI is InChI=1S/C24H21Cl2N3O3/c1-22(2)23(3)6-7-24(22,21(30)27-12-4-5-17-18(8-12)32-11-31-17)20-19(23)28-15-9-13(25)14(26)10-16(15)29-20/h4-5,8-10H,6-7,11H2,1-3H3,(H,27,30). The lowest BCUT2D eigenvalue weighted by molar-refractivity contribution is -0.125. The summed E-state index contributed by atoms with van der Waals surface area (Å²) in [6, 6.07) is 8.89. The van der Waals surface area contributed by atoms with E-state index in [9.17, 15) is 4.79 Å². The summed E-state index contributed by atoms with van der Waals surface area (Å²) in [4.78, 5) is 23.9. The van der Waals surface area contributed by atoms with Gasteiger partial charge in [-0.15, -0.1) is 0 Å². The van der Waals surface area contributed by atoms with Crippen LogP contribution in [0.5, 0.6) is 11.5 Å². The van der Waals surface area contributed by atoms with Crippen molar-refractivity contribution in [3.8, 4) is 11.5 Å². The predicted octanol–water partition coefficient (Wildman–Crippen LogP) is 5.63. The van der Waals surface area contributed by atoms with Crippen molar-refractivity contribution in [3.05, 3.63) is 51.8 Å². The van der Waals surface area contributed by atoms with E-state index < -0.39 is 10.8 Å². The third kappa shape index (κ3) is 2.29. The van der Waals surface area contributed by atoms with Gasteiger partial charge < -0.3 is 14.8 Å². The minimum atomic E-state index is -0.819. The molecule has 3 aromatic rings. The van der Waals surface area contributed by atoms with Gasteiger partial charge in [0, 0.05) is 17.2 Å². The zero-order chi connectivity index (χ0) is 22.5. The van der Waals surface area contributed by atoms with Crippen molar-refractivity contribution in [2.45, 2.75) is 44.4 Å². The monoisotopic (exact) mass is 469 g/mol. The molecule has 1 saturated carbocycles. The number of anilines is 1. The van der Waals surface area contributed by atoms with Crippen molar-refractivity contribution >= 4 is 45.8 Å². The number of fused-ring (bicyclic) bond motifs is 7. The highest BCUT2D eigenvalue weighted by molar-refractivity contribution is 6.42. The molecule has 2 aliphatic carbocycles. The Balaban J connectivity index is 1.50. The summed E-state index contributed by atoms with van der Waals surface area (Å²) in [5, 5.41) is 3.98. The second-order valence-electron chi connectivity index (χ2n) is 9.56. The molecule has 6 rings (SSSR count). The first-order valence-electron chi connectivity index (χ1n) is 10.6. The number of benzene rings is 2. The van der Waals surface area contributed by atoms with Gasteiger partial charge in [0.05, 0.1) is 37.9 Å². The molecule has 0 radical (unpaired) electrons. The number of rotatable bonds is 2. The van der Waals surface area contributed by atoms with Gasteiger partial charge in [-0.1, -0.05) is 44.0 Å². The molecule has 2 bridgehead atoms. The van der Waals surface area contributed by atoms with Crippen LogP contribution in [-0.4, -0.2) is 22.7 Å². The number of aromatic nitrogens is 2. The predicted molar refractivity (Wildman–Crippen MR) is 123 cm³/mol. The Morgan fingerprint density at radius 1 is 0.938 bits per heavy atom. The molecule has 1 aromatic heterocycles. The molecule has 6 nitrogen and oxygen atoms in total. The second-order valence-corrected chi connectivity index (χ2v) is 10.4. The fourth-order valence-electron chi connectivity index (χ4n) is 5.81. The fourth-order valence-corrected chi connectivity index (χ4v) is 6.13. The minimum Gasteiger partial charge on any atom is -0.454 e. The number of amides is 1. The molecule has 2 aromatic carbocycles. The number of nitrogens with one attached hydrogen (secondary N) is 1. The van der Waals surface area contributed by atoms with E-state index in [-0.39, 0.29) is 18.1 Å². The third-order valence-electron chi connectivity index (χ3n) is 8.10. The van der Waals surface area contributed by atoms with Crippen LogP contribution >= 0.6 is 23.2 Å². The van der Waals surface area contributed by atoms with Crippen molar-refractivity contribution < 1.29 is 14.3 Å². The number of ether oxygens (including phenoxy) is 2. The topological polar surface area (TPSA) is 73.3 Å². The number of carbonyl (C=O) groups is 1. The lowest BCUT2D eigenvalue weighted by atomic mass is 9.63. The zero-order valence-corrected chi connectivity index (χ0v) is 19.4. The van der Waals surface area contributed by atoms with Crippen LogP contribution in [0, 0.1) is 5.41 Å². The normalized spacial score (nSPS) is 26.4. The molecule has 164 valence electrons. The van der Waals surface area contributed by atoms with Crippen LogP contribution in [0.4, 0.5) is 5.69 Å². The number of hydrogen-bond acceptors (Lipinski definition) is 5. The summed E-state index contributed by atoms with van der Waals surface area (Å²) >= 11 is 12.5. The van der Waals surface area contributed by atoms with Crippen molar-refractivity contribution in [2.75, 3.05) is 12.1 Å². The van der Waals surface area contributed by atoms with Crippen LogP contribution in [0.1, 0.15) is 45.0 Å². The van der Waals surface area contributed by atoms with Gasteiger partial charge in [-0.2, -0.15) is 0 Å². The Bertz CT molecular complexity index is 1340. The van der Waals surface area contributed by atoms with E-state index in [2.05, 4.69) is 26.1 Å². The van der Waals surface area contributed by atoms with Gasteiger partial charge in [0.25, 0.3) is 0 Å². The van der Waals surface area contributed by atoms with Crippen molar-refractivity contribution in [1.29, 1.82) is 0 Å². The molecule has 2 unspecified atom stereocenters. The Morgan fingerprint density at radius 3 is 2.31 bits per heavy atom. The smallest absolute Gasteiger partial charge is 0.237 e. The van der Waals surface area contributed by atoms with Gasteiger partial charge in [-0.25, -0.2) is 9.97 Å². The molecule has 1 N–H and O–H groups in total. The van der Waals surface area contributed by atoms with Gasteiger partial charge in [-0.3, -0.25) is 4.79 Å². The van der Waals surface area contributed by atoms with E-state index >= 15 is 0 Å². The van der Waals surface area contributed by atoms with Gasteiger partial charge in [0.2, 0.25) is 12.7 Å². The molecule has 2 heterocycles. The number of carbonyl (C=O) groups excluding carboxylic acids is 1. The number of hydrogen-bond donors (Lipinski definition) is 1. The summed E-state index contributed by atoms with van der Waals surface area (Å²) in [5.41, 5.74) is 2.10. The molecule has 1 amide bonds. The third-order valence-corrected chi connectivity index (χ3v) is 8.82. The summed E-state index contributed by atoms with van der Waals surface area (Å²) in [5.74, 6) is 1.21. The first kappa shape index (κ1) is 20.1. The first-order chi connectivity index (χ1) is 15.2. The van der Waals surface area contributed by atoms with Crippen LogP contribution < -0.4 is 14.8 Å². The first-order valence-corrected chi connectivity index (χ1v) is 11.3. The Labute approximate surface area is 195 Å². The Hall–Kier alpha value is -2.57. The van der Waals surface area contributed by atoms with Crippen LogP contribution in [0.25, 0.3) is 11.0 Å². The Morgan fingerprint density at radius 2 is 1.59 bits per heavy atom. The SMILES string of the molecule is CC12CCC(C(=O)Nc3ccc4c(c3)OCO4)(c3nc4cc(Cl)c(Cl)cc4nc31)C2(C)C. The van der Waals surface area contributed by atoms with E-state index in [1.54, 1.807) is 24.3 Å². The molecule has 1 fully saturated rings. The van der Waals surface area contributed by atoms with Crippen LogP contribution in [0.15, 0.2) is 30.3 Å². The van der Waals surface area contributed by atoms with E-state index in [1.165, 1.54) is 0 Å². The molecule has 2 atom stereocenters. The quantitative estimate of drug-likeness (QED) is 0.525. The summed E-state index contributed by atoms with van der Waals surface area (Å²) in [6.45, 7) is 6.66. The van der Waals surface area contributed by atoms with Crippen molar-refractivity contribution in [2.24, 2.45) is 5.41 Å². The summed E-state index contributed by atoms with van der Waals surface area (Å²) < 4.78 is 10.9. The molecule has 1 aliphatic heterocycles. The second kappa shape index (κ2) is 6.27. The van der Waals surface area contributed by atoms with Crippen LogP contribution in [0.2, 0.25) is 10.0 Å². The van der Waals surface area contributed by atoms with E-state index in [1.807, 2.05) is 6.07 Å². The lowest BCUT2D eigenvalue weighted by Crippen LogP contribution is -2.48. The van der Waals surface area contributed by atoms with Gasteiger partial charge in [0.15, 0.2) is 11.5 Å². The number of nitrogens with zero attached hydrogens (tertiary/aromatic N) is 2. The summed E-state index contributed by atoms with van der Waals surface area (Å²) in [7, 11) is 0. The van der Waals surface area contributed by atoms with Crippen molar-refractivity contribution in [3.63, 3.8) is 0 Å². The molecule has 32 heavy (non-hydrogen) atoms. The average molecular weight is 470 g/mol. The maximum absolute atomic E-state index is 14.0. The fraction of sp³-hybridized carbons (Fsp3) is 0.375. The minimum absolute atomic E-state index is 0.0856. The molecular weight excluding hydrogens is 449 g/mol. The Kier molecular flexibility index (Phi) is 3.93. The molecule has 8 heteroatoms.